The van der Waals surface area contributed by atoms with Crippen molar-refractivity contribution in [3.63, 3.8) is 0 Å². The van der Waals surface area contributed by atoms with Crippen molar-refractivity contribution >= 4 is 28.1 Å². The minimum atomic E-state index is -3.97. The van der Waals surface area contributed by atoms with Crippen LogP contribution in [0.1, 0.15) is 35.4 Å². The SMILES string of the molecule is Cc1noc(/C=C/c2ccc(F)cc2F)c1S(=O)(=O)N1CCC(C(=O)NCc2cccnc2)CC1. The largest absolute Gasteiger partial charge is 0.355 e. The normalized spacial score (nSPS) is 15.5. The number of rotatable bonds is 7. The predicted octanol–water partition coefficient (Wildman–Crippen LogP) is 3.54. The van der Waals surface area contributed by atoms with Crippen molar-refractivity contribution in [3.05, 3.63) is 76.9 Å². The van der Waals surface area contributed by atoms with Crippen LogP contribution in [-0.2, 0) is 21.4 Å². The quantitative estimate of drug-likeness (QED) is 0.530. The number of amides is 1. The van der Waals surface area contributed by atoms with E-state index >= 15 is 0 Å². The molecule has 35 heavy (non-hydrogen) atoms. The second-order valence-electron chi connectivity index (χ2n) is 8.22. The van der Waals surface area contributed by atoms with Gasteiger partial charge >= 0.3 is 0 Å². The summed E-state index contributed by atoms with van der Waals surface area (Å²) in [6.07, 6.45) is 6.66. The molecule has 11 heteroatoms. The summed E-state index contributed by atoms with van der Waals surface area (Å²) >= 11 is 0. The Kier molecular flexibility index (Phi) is 7.37. The molecule has 3 heterocycles. The van der Waals surface area contributed by atoms with E-state index in [1.807, 2.05) is 6.07 Å². The number of carbonyl (C=O) groups excluding carboxylic acids is 1. The van der Waals surface area contributed by atoms with Gasteiger partial charge in [-0.1, -0.05) is 11.2 Å². The molecule has 0 radical (unpaired) electrons. The maximum absolute atomic E-state index is 13.9. The van der Waals surface area contributed by atoms with E-state index in [1.54, 1.807) is 18.5 Å². The first kappa shape index (κ1) is 24.7. The van der Waals surface area contributed by atoms with Gasteiger partial charge in [0.15, 0.2) is 10.7 Å². The first-order chi connectivity index (χ1) is 16.8. The number of pyridine rings is 1. The van der Waals surface area contributed by atoms with E-state index in [4.69, 9.17) is 4.52 Å². The maximum Gasteiger partial charge on any atom is 0.248 e. The van der Waals surface area contributed by atoms with E-state index in [1.165, 1.54) is 29.4 Å². The third kappa shape index (κ3) is 5.63. The van der Waals surface area contributed by atoms with Crippen LogP contribution >= 0.6 is 0 Å². The topological polar surface area (TPSA) is 105 Å². The Bertz CT molecular complexity index is 1330. The molecule has 1 fully saturated rings. The maximum atomic E-state index is 13.9. The molecule has 0 aliphatic carbocycles. The number of aromatic nitrogens is 2. The van der Waals surface area contributed by atoms with Gasteiger partial charge in [-0.3, -0.25) is 9.78 Å². The standard InChI is InChI=1S/C24H24F2N4O4S/c1-16-23(22(34-29-16)7-5-18-4-6-20(25)13-21(18)26)35(32,33)30-11-8-19(9-12-30)24(31)28-15-17-3-2-10-27-14-17/h2-7,10,13-14,19H,8-9,11-12,15H2,1H3,(H,28,31)/b7-5+. The molecule has 2 aromatic heterocycles. The molecule has 1 aliphatic heterocycles. The average Bonchev–Trinajstić information content (AvgIpc) is 3.23. The smallest absolute Gasteiger partial charge is 0.248 e. The highest BCUT2D eigenvalue weighted by atomic mass is 32.2. The van der Waals surface area contributed by atoms with Crippen LogP contribution in [0.25, 0.3) is 12.2 Å². The second kappa shape index (κ2) is 10.4. The van der Waals surface area contributed by atoms with Gasteiger partial charge in [0, 0.05) is 49.6 Å². The highest BCUT2D eigenvalue weighted by molar-refractivity contribution is 7.89. The molecule has 1 aromatic carbocycles. The van der Waals surface area contributed by atoms with Crippen molar-refractivity contribution in [1.29, 1.82) is 0 Å². The zero-order chi connectivity index (χ0) is 25.0. The molecule has 1 aliphatic rings. The lowest BCUT2D eigenvalue weighted by Crippen LogP contribution is -2.43. The summed E-state index contributed by atoms with van der Waals surface area (Å²) in [5.41, 5.74) is 1.12. The van der Waals surface area contributed by atoms with Crippen LogP contribution in [0.3, 0.4) is 0 Å². The molecule has 3 aromatic rings. The second-order valence-corrected chi connectivity index (χ2v) is 10.1. The molecule has 0 spiro atoms. The fourth-order valence-electron chi connectivity index (χ4n) is 3.92. The van der Waals surface area contributed by atoms with Gasteiger partial charge in [0.25, 0.3) is 0 Å². The Morgan fingerprint density at radius 3 is 2.69 bits per heavy atom. The lowest BCUT2D eigenvalue weighted by molar-refractivity contribution is -0.126. The number of aryl methyl sites for hydroxylation is 1. The minimum Gasteiger partial charge on any atom is -0.355 e. The average molecular weight is 503 g/mol. The Balaban J connectivity index is 1.43. The molecule has 1 saturated heterocycles. The van der Waals surface area contributed by atoms with E-state index < -0.39 is 21.7 Å². The van der Waals surface area contributed by atoms with Crippen LogP contribution in [0.4, 0.5) is 8.78 Å². The fraction of sp³-hybridized carbons (Fsp3) is 0.292. The minimum absolute atomic E-state index is 0.0532. The third-order valence-electron chi connectivity index (χ3n) is 5.82. The lowest BCUT2D eigenvalue weighted by atomic mass is 9.97. The van der Waals surface area contributed by atoms with Gasteiger partial charge in [-0.15, -0.1) is 0 Å². The molecule has 0 saturated carbocycles. The first-order valence-electron chi connectivity index (χ1n) is 11.0. The highest BCUT2D eigenvalue weighted by Gasteiger charge is 2.35. The lowest BCUT2D eigenvalue weighted by Gasteiger charge is -2.30. The fourth-order valence-corrected chi connectivity index (χ4v) is 5.64. The van der Waals surface area contributed by atoms with Gasteiger partial charge in [-0.05, 0) is 55.7 Å². The monoisotopic (exact) mass is 502 g/mol. The molecule has 184 valence electrons. The van der Waals surface area contributed by atoms with Crippen molar-refractivity contribution in [1.82, 2.24) is 19.8 Å². The van der Waals surface area contributed by atoms with Crippen molar-refractivity contribution in [2.45, 2.75) is 31.2 Å². The van der Waals surface area contributed by atoms with E-state index in [9.17, 15) is 22.0 Å². The zero-order valence-corrected chi connectivity index (χ0v) is 19.8. The van der Waals surface area contributed by atoms with Crippen LogP contribution in [0.2, 0.25) is 0 Å². The molecule has 0 unspecified atom stereocenters. The molecule has 1 amide bonds. The zero-order valence-electron chi connectivity index (χ0n) is 18.9. The van der Waals surface area contributed by atoms with E-state index in [0.29, 0.717) is 19.4 Å². The number of sulfonamides is 1. The van der Waals surface area contributed by atoms with Crippen LogP contribution < -0.4 is 5.32 Å². The Morgan fingerprint density at radius 1 is 1.23 bits per heavy atom. The molecule has 4 rings (SSSR count). The Hall–Kier alpha value is -3.44. The number of nitrogens with zero attached hydrogens (tertiary/aromatic N) is 3. The summed E-state index contributed by atoms with van der Waals surface area (Å²) in [6, 6.07) is 6.73. The number of benzene rings is 1. The Morgan fingerprint density at radius 2 is 2.00 bits per heavy atom. The molecule has 1 N–H and O–H groups in total. The van der Waals surface area contributed by atoms with Crippen LogP contribution in [0, 0.1) is 24.5 Å². The summed E-state index contributed by atoms with van der Waals surface area (Å²) in [6.45, 7) is 2.18. The summed E-state index contributed by atoms with van der Waals surface area (Å²) in [4.78, 5) is 16.4. The van der Waals surface area contributed by atoms with Crippen molar-refractivity contribution in [2.75, 3.05) is 13.1 Å². The summed E-state index contributed by atoms with van der Waals surface area (Å²) in [7, 11) is -3.97. The number of nitrogens with one attached hydrogen (secondary N) is 1. The van der Waals surface area contributed by atoms with Crippen molar-refractivity contribution in [3.8, 4) is 0 Å². The van der Waals surface area contributed by atoms with Gasteiger partial charge in [0.1, 0.15) is 17.3 Å². The molecule has 8 nitrogen and oxygen atoms in total. The summed E-state index contributed by atoms with van der Waals surface area (Å²) < 4.78 is 60.3. The molecule has 0 atom stereocenters. The first-order valence-corrected chi connectivity index (χ1v) is 12.5. The van der Waals surface area contributed by atoms with Crippen molar-refractivity contribution < 1.29 is 26.5 Å². The van der Waals surface area contributed by atoms with E-state index in [0.717, 1.165) is 17.7 Å². The molecular formula is C24H24F2N4O4S. The number of halogens is 2. The van der Waals surface area contributed by atoms with Crippen LogP contribution in [0.15, 0.2) is 52.1 Å². The van der Waals surface area contributed by atoms with Gasteiger partial charge in [0.05, 0.1) is 0 Å². The van der Waals surface area contributed by atoms with Gasteiger partial charge < -0.3 is 9.84 Å². The van der Waals surface area contributed by atoms with Gasteiger partial charge in [-0.2, -0.15) is 4.31 Å². The highest BCUT2D eigenvalue weighted by Crippen LogP contribution is 2.29. The third-order valence-corrected chi connectivity index (χ3v) is 7.88. The van der Waals surface area contributed by atoms with Gasteiger partial charge in [-0.25, -0.2) is 17.2 Å². The number of hydrogen-bond acceptors (Lipinski definition) is 6. The molecular weight excluding hydrogens is 478 g/mol. The van der Waals surface area contributed by atoms with Crippen molar-refractivity contribution in [2.24, 2.45) is 5.92 Å². The van der Waals surface area contributed by atoms with E-state index in [2.05, 4.69) is 15.5 Å². The summed E-state index contributed by atoms with van der Waals surface area (Å²) in [5, 5.41) is 6.64. The Labute approximate surface area is 201 Å². The van der Waals surface area contributed by atoms with E-state index in [-0.39, 0.29) is 46.8 Å². The van der Waals surface area contributed by atoms with Crippen LogP contribution in [0.5, 0.6) is 0 Å². The van der Waals surface area contributed by atoms with Gasteiger partial charge in [0.2, 0.25) is 15.9 Å². The molecule has 0 bridgehead atoms. The van der Waals surface area contributed by atoms with Crippen LogP contribution in [-0.4, -0.2) is 41.9 Å². The number of carbonyl (C=O) groups is 1. The predicted molar refractivity (Wildman–Crippen MR) is 124 cm³/mol. The number of hydrogen-bond donors (Lipinski definition) is 1. The summed E-state index contributed by atoms with van der Waals surface area (Å²) in [5.74, 6) is -1.99. The number of piperidine rings is 1.